The molecule has 29 rings (SSSR count). The number of fused-ring (bicyclic) bond motifs is 25. The second-order valence-electron chi connectivity index (χ2n) is 37.5. The second-order valence-corrected chi connectivity index (χ2v) is 37.5. The van der Waals surface area contributed by atoms with Gasteiger partial charge >= 0.3 is 0 Å². The average molecular weight is 1810 g/mol. The zero-order valence-corrected chi connectivity index (χ0v) is 77.4. The molecule has 0 aliphatic heterocycles. The van der Waals surface area contributed by atoms with E-state index in [2.05, 4.69) is 524 Å². The summed E-state index contributed by atoms with van der Waals surface area (Å²) in [6.45, 7) is 0. The zero-order chi connectivity index (χ0) is 93.4. The first-order valence-corrected chi connectivity index (χ1v) is 48.9. The lowest BCUT2D eigenvalue weighted by Crippen LogP contribution is -2.10. The van der Waals surface area contributed by atoms with Crippen molar-refractivity contribution in [2.24, 2.45) is 0 Å². The third kappa shape index (κ3) is 13.7. The van der Waals surface area contributed by atoms with Crippen molar-refractivity contribution in [1.82, 2.24) is 4.57 Å². The van der Waals surface area contributed by atoms with Gasteiger partial charge in [0.1, 0.15) is 11.2 Å². The van der Waals surface area contributed by atoms with Crippen LogP contribution in [0, 0.1) is 0 Å². The summed E-state index contributed by atoms with van der Waals surface area (Å²) < 4.78 is 15.8. The molecule has 0 radical (unpaired) electrons. The van der Waals surface area contributed by atoms with Crippen molar-refractivity contribution < 1.29 is 8.83 Å². The monoisotopic (exact) mass is 1810 g/mol. The highest BCUT2D eigenvalue weighted by Crippen LogP contribution is 2.54. The number of para-hydroxylation sites is 5. The number of furan rings is 2. The average Bonchev–Trinajstić information content (AvgIpc) is 1.66. The normalized spacial score (nSPS) is 12.4. The van der Waals surface area contributed by atoms with Crippen molar-refractivity contribution in [3.8, 4) is 83.6 Å². The molecule has 662 valence electrons. The molecular formula is C137H87N3O2. The van der Waals surface area contributed by atoms with Gasteiger partial charge in [0.05, 0.1) is 22.4 Å². The van der Waals surface area contributed by atoms with Crippen molar-refractivity contribution in [1.29, 1.82) is 0 Å². The van der Waals surface area contributed by atoms with Crippen molar-refractivity contribution in [2.75, 3.05) is 9.80 Å². The lowest BCUT2D eigenvalue weighted by Gasteiger charge is -2.26. The van der Waals surface area contributed by atoms with E-state index in [4.69, 9.17) is 8.83 Å². The van der Waals surface area contributed by atoms with Crippen molar-refractivity contribution in [3.05, 3.63) is 538 Å². The number of aromatic nitrogens is 1. The van der Waals surface area contributed by atoms with Gasteiger partial charge in [-0.2, -0.15) is 0 Å². The van der Waals surface area contributed by atoms with Gasteiger partial charge in [-0.15, -0.1) is 0 Å². The Morgan fingerprint density at radius 2 is 0.472 bits per heavy atom. The largest absolute Gasteiger partial charge is 0.454 e. The molecule has 0 amide bonds. The summed E-state index contributed by atoms with van der Waals surface area (Å²) in [6.07, 6.45) is 0. The molecule has 1 atom stereocenters. The van der Waals surface area contributed by atoms with Crippen LogP contribution in [0.1, 0.15) is 22.6 Å². The number of hydrogen-bond acceptors (Lipinski definition) is 4. The van der Waals surface area contributed by atoms with Gasteiger partial charge < -0.3 is 23.2 Å². The summed E-state index contributed by atoms with van der Waals surface area (Å²) in [4.78, 5) is 4.68. The fraction of sp³-hybridized carbons (Fsp3) is 0.00730. The van der Waals surface area contributed by atoms with Crippen LogP contribution in [0.15, 0.2) is 531 Å². The standard InChI is InChI=1S/C71H45NO.C66H42N2O/c1-2-15-48(16-3-1)70-62-40-33-50(43-66(62)67-44-51(34-41-63(67)70)55-24-12-17-47-14-4-5-18-54(47)55)46-30-37-53(38-31-46)72(68-26-13-25-64-61-23-10-11-27-69(61)73-71(64)68)52-35-28-45(29-36-52)49-32-39-60-58-21-7-6-19-56(58)57-20-8-9-22-59(57)65(60)42-49;1-3-14-43(15-4-1)47-31-38-62-60(41-47)61-42-48(32-39-63(61)68(62)49-16-5-2-6-17-49)45-28-35-51(36-29-45)67(64-24-13-23-58-57-22-11-12-25-65(57)69-66(58)64)50-33-26-44(27-34-50)46-30-37-56-54-20-8-7-18-52(54)53-19-9-10-21-55(53)59(56)40-46/h1-44,70H;1-42H. The molecule has 0 bridgehead atoms. The maximum Gasteiger partial charge on any atom is 0.159 e. The molecule has 3 aromatic heterocycles. The molecule has 142 heavy (non-hydrogen) atoms. The first-order chi connectivity index (χ1) is 70.4. The van der Waals surface area contributed by atoms with E-state index in [1.165, 1.54) is 164 Å². The number of anilines is 6. The third-order valence-corrected chi connectivity index (χ3v) is 29.7. The lowest BCUT2D eigenvalue weighted by molar-refractivity contribution is 0.668. The molecular weight excluding hydrogens is 1720 g/mol. The molecule has 0 fully saturated rings. The molecule has 1 unspecified atom stereocenters. The van der Waals surface area contributed by atoms with Gasteiger partial charge in [0.15, 0.2) is 11.2 Å². The molecule has 1 aliphatic carbocycles. The number of benzene rings is 25. The van der Waals surface area contributed by atoms with E-state index in [-0.39, 0.29) is 5.92 Å². The molecule has 28 aromatic rings. The molecule has 5 nitrogen and oxygen atoms in total. The Labute approximate surface area is 820 Å². The summed E-state index contributed by atoms with van der Waals surface area (Å²) in [6, 6.07) is 190. The SMILES string of the molecule is c1ccc(-c2ccc3c(c2)c2cc(-c4ccc(N(c5ccc(-c6ccc7c8ccccc8c8ccccc8c7c6)cc5)c5cccc6c5oc5ccccc56)cc4)ccc2n3-c2ccccc2)cc1.c1ccc(C2c3ccc(-c4ccc(N(c5ccc(-c6ccc7c8ccccc8c8ccccc8c7c6)cc5)c5cccc6c5oc5ccccc56)cc4)cc3-c3cc(-c4cccc5ccccc45)ccc32)cc1. The Bertz CT molecular complexity index is 9830. The Hall–Kier alpha value is -18.7. The van der Waals surface area contributed by atoms with Gasteiger partial charge in [-0.3, -0.25) is 0 Å². The maximum absolute atomic E-state index is 6.73. The Morgan fingerprint density at radius 3 is 0.908 bits per heavy atom. The van der Waals surface area contributed by atoms with E-state index in [9.17, 15) is 0 Å². The summed E-state index contributed by atoms with van der Waals surface area (Å²) in [5, 5.41) is 24.7. The van der Waals surface area contributed by atoms with Crippen molar-refractivity contribution in [2.45, 2.75) is 5.92 Å². The van der Waals surface area contributed by atoms with Crippen LogP contribution in [0.5, 0.6) is 0 Å². The van der Waals surface area contributed by atoms with Gasteiger partial charge in [0.2, 0.25) is 0 Å². The quantitative estimate of drug-likeness (QED) is 0.102. The van der Waals surface area contributed by atoms with Gasteiger partial charge in [-0.1, -0.05) is 388 Å². The molecule has 0 saturated heterocycles. The van der Waals surface area contributed by atoms with Gasteiger partial charge in [-0.25, -0.2) is 0 Å². The third-order valence-electron chi connectivity index (χ3n) is 29.7. The van der Waals surface area contributed by atoms with Gasteiger partial charge in [0.25, 0.3) is 0 Å². The minimum Gasteiger partial charge on any atom is -0.454 e. The molecule has 1 aliphatic rings. The van der Waals surface area contributed by atoms with E-state index >= 15 is 0 Å². The van der Waals surface area contributed by atoms with Gasteiger partial charge in [-0.05, 0) is 303 Å². The van der Waals surface area contributed by atoms with E-state index in [1.807, 2.05) is 12.1 Å². The minimum atomic E-state index is 0.159. The first-order valence-electron chi connectivity index (χ1n) is 48.9. The minimum absolute atomic E-state index is 0.159. The van der Waals surface area contributed by atoms with Crippen LogP contribution in [-0.4, -0.2) is 4.57 Å². The highest BCUT2D eigenvalue weighted by molar-refractivity contribution is 6.28. The number of nitrogens with zero attached hydrogens (tertiary/aromatic N) is 3. The topological polar surface area (TPSA) is 37.7 Å². The second kappa shape index (κ2) is 33.6. The smallest absolute Gasteiger partial charge is 0.159 e. The van der Waals surface area contributed by atoms with Crippen LogP contribution in [0.3, 0.4) is 0 Å². The highest BCUT2D eigenvalue weighted by Gasteiger charge is 2.32. The van der Waals surface area contributed by atoms with Crippen LogP contribution in [0.4, 0.5) is 34.1 Å². The molecule has 3 heterocycles. The Kier molecular flexibility index (Phi) is 19.3. The number of rotatable bonds is 14. The predicted octanol–water partition coefficient (Wildman–Crippen LogP) is 38.4. The molecule has 0 spiro atoms. The van der Waals surface area contributed by atoms with E-state index in [0.29, 0.717) is 0 Å². The first kappa shape index (κ1) is 81.7. The van der Waals surface area contributed by atoms with E-state index in [1.54, 1.807) is 0 Å². The highest BCUT2D eigenvalue weighted by atomic mass is 16.3. The molecule has 0 saturated carbocycles. The van der Waals surface area contributed by atoms with Crippen LogP contribution in [0.25, 0.3) is 225 Å². The van der Waals surface area contributed by atoms with Crippen molar-refractivity contribution >= 4 is 175 Å². The number of hydrogen-bond donors (Lipinski definition) is 0. The summed E-state index contributed by atoms with van der Waals surface area (Å²) in [5.74, 6) is 0.159. The zero-order valence-electron chi connectivity index (χ0n) is 77.4. The molecule has 0 N–H and O–H groups in total. The van der Waals surface area contributed by atoms with Crippen LogP contribution >= 0.6 is 0 Å². The summed E-state index contributed by atoms with van der Waals surface area (Å²) in [7, 11) is 0. The fourth-order valence-corrected chi connectivity index (χ4v) is 23.0. The fourth-order valence-electron chi connectivity index (χ4n) is 23.0. The van der Waals surface area contributed by atoms with Crippen LogP contribution in [0.2, 0.25) is 0 Å². The summed E-state index contributed by atoms with van der Waals surface area (Å²) >= 11 is 0. The molecule has 5 heteroatoms. The van der Waals surface area contributed by atoms with E-state index < -0.39 is 0 Å². The Morgan fingerprint density at radius 1 is 0.176 bits per heavy atom. The van der Waals surface area contributed by atoms with E-state index in [0.717, 1.165) is 112 Å². The van der Waals surface area contributed by atoms with Gasteiger partial charge in [0, 0.05) is 66.7 Å². The lowest BCUT2D eigenvalue weighted by atomic mass is 9.88. The van der Waals surface area contributed by atoms with Crippen molar-refractivity contribution in [3.63, 3.8) is 0 Å². The Balaban J connectivity index is 0.000000139. The van der Waals surface area contributed by atoms with Crippen LogP contribution < -0.4 is 9.80 Å². The molecule has 25 aromatic carbocycles. The maximum atomic E-state index is 6.73. The predicted molar refractivity (Wildman–Crippen MR) is 599 cm³/mol. The summed E-state index contributed by atoms with van der Waals surface area (Å²) in [5.41, 5.74) is 34.0. The van der Waals surface area contributed by atoms with Crippen LogP contribution in [-0.2, 0) is 0 Å².